The van der Waals surface area contributed by atoms with Crippen molar-refractivity contribution in [2.75, 3.05) is 0 Å². The van der Waals surface area contributed by atoms with E-state index >= 15 is 0 Å². The van der Waals surface area contributed by atoms with Crippen LogP contribution in [0.15, 0.2) is 42.5 Å². The number of nitrogens with zero attached hydrogens (tertiary/aromatic N) is 3. The normalized spacial score (nSPS) is 10.9. The van der Waals surface area contributed by atoms with Crippen LogP contribution < -0.4 is 11.3 Å². The summed E-state index contributed by atoms with van der Waals surface area (Å²) in [5, 5.41) is 37.0. The number of amides is 1. The highest BCUT2D eigenvalue weighted by molar-refractivity contribution is 7.18. The molecule has 0 atom stereocenters. The zero-order chi connectivity index (χ0) is 21.3. The van der Waals surface area contributed by atoms with E-state index in [4.69, 9.17) is 5.84 Å². The van der Waals surface area contributed by atoms with Gasteiger partial charge >= 0.3 is 0 Å². The molecule has 0 fully saturated rings. The number of nitrogens with one attached hydrogen (secondary N) is 2. The van der Waals surface area contributed by atoms with Crippen LogP contribution in [0, 0.1) is 0 Å². The van der Waals surface area contributed by atoms with Crippen LogP contribution in [0.4, 0.5) is 0 Å². The van der Waals surface area contributed by atoms with E-state index in [0.29, 0.717) is 38.8 Å². The molecule has 2 aromatic heterocycles. The number of phenolic OH excluding ortho intramolecular Hbond substituents is 2. The number of hydrazine groups is 1. The van der Waals surface area contributed by atoms with Gasteiger partial charge in [0.1, 0.15) is 27.9 Å². The number of aromatic nitrogens is 4. The Kier molecular flexibility index (Phi) is 5.17. The summed E-state index contributed by atoms with van der Waals surface area (Å²) >= 11 is 1.28. The highest BCUT2D eigenvalue weighted by atomic mass is 32.1. The number of carbonyl (C=O) groups excluding carboxylic acids is 1. The summed E-state index contributed by atoms with van der Waals surface area (Å²) in [6, 6.07) is 12.4. The van der Waals surface area contributed by atoms with E-state index in [1.807, 2.05) is 37.3 Å². The fraction of sp³-hybridized carbons (Fsp3) is 0.100. The van der Waals surface area contributed by atoms with E-state index in [-0.39, 0.29) is 17.2 Å². The van der Waals surface area contributed by atoms with Crippen LogP contribution in [0.2, 0.25) is 0 Å². The first-order valence-electron chi connectivity index (χ1n) is 9.07. The van der Waals surface area contributed by atoms with E-state index in [0.717, 1.165) is 5.56 Å². The number of carbonyl (C=O) groups is 1. The molecule has 0 unspecified atom stereocenters. The molecule has 10 heteroatoms. The average Bonchev–Trinajstić information content (AvgIpc) is 3.41. The van der Waals surface area contributed by atoms with Crippen molar-refractivity contribution in [2.24, 2.45) is 5.84 Å². The molecule has 9 nitrogen and oxygen atoms in total. The molecule has 0 saturated carbocycles. The Morgan fingerprint density at radius 2 is 1.87 bits per heavy atom. The number of rotatable bonds is 5. The van der Waals surface area contributed by atoms with Gasteiger partial charge in [-0.2, -0.15) is 5.10 Å². The number of phenols is 2. The molecule has 0 aliphatic heterocycles. The van der Waals surface area contributed by atoms with Crippen LogP contribution in [0.5, 0.6) is 11.5 Å². The second-order valence-electron chi connectivity index (χ2n) is 6.43. The minimum absolute atomic E-state index is 0.0157. The van der Waals surface area contributed by atoms with Gasteiger partial charge in [-0.3, -0.25) is 15.3 Å². The van der Waals surface area contributed by atoms with Crippen LogP contribution in [-0.4, -0.2) is 36.5 Å². The molecule has 0 aliphatic carbocycles. The van der Waals surface area contributed by atoms with E-state index in [2.05, 4.69) is 25.8 Å². The summed E-state index contributed by atoms with van der Waals surface area (Å²) in [7, 11) is 0. The van der Waals surface area contributed by atoms with Crippen LogP contribution >= 0.6 is 11.3 Å². The van der Waals surface area contributed by atoms with Crippen molar-refractivity contribution in [1.29, 1.82) is 0 Å². The number of nitrogen functional groups attached to an aromatic ring is 1. The predicted octanol–water partition coefficient (Wildman–Crippen LogP) is 2.84. The van der Waals surface area contributed by atoms with Crippen molar-refractivity contribution in [2.45, 2.75) is 13.3 Å². The Balaban J connectivity index is 1.91. The third-order valence-electron chi connectivity index (χ3n) is 4.62. The first-order valence-corrected chi connectivity index (χ1v) is 9.89. The van der Waals surface area contributed by atoms with Gasteiger partial charge < -0.3 is 10.2 Å². The molecule has 0 saturated heterocycles. The first-order chi connectivity index (χ1) is 14.5. The molecule has 30 heavy (non-hydrogen) atoms. The Labute approximate surface area is 175 Å². The average molecular weight is 422 g/mol. The molecular weight excluding hydrogens is 404 g/mol. The van der Waals surface area contributed by atoms with Crippen LogP contribution in [0.3, 0.4) is 0 Å². The number of hydrogen-bond acceptors (Lipinski definition) is 8. The second kappa shape index (κ2) is 7.93. The SMILES string of the molecule is CCc1cc(-c2n[nH]c(C(=O)NN)c2-c2nnc(-c3ccccc3)s2)c(O)cc1O. The maximum atomic E-state index is 12.3. The van der Waals surface area contributed by atoms with Gasteiger partial charge in [0, 0.05) is 17.2 Å². The maximum absolute atomic E-state index is 12.3. The Morgan fingerprint density at radius 1 is 1.13 bits per heavy atom. The van der Waals surface area contributed by atoms with E-state index < -0.39 is 5.91 Å². The fourth-order valence-corrected chi connectivity index (χ4v) is 4.00. The van der Waals surface area contributed by atoms with Crippen LogP contribution in [0.25, 0.3) is 32.4 Å². The monoisotopic (exact) mass is 422 g/mol. The summed E-state index contributed by atoms with van der Waals surface area (Å²) in [6.07, 6.45) is 0.548. The number of benzene rings is 2. The van der Waals surface area contributed by atoms with Crippen molar-refractivity contribution in [3.63, 3.8) is 0 Å². The molecule has 1 amide bonds. The Morgan fingerprint density at radius 3 is 2.57 bits per heavy atom. The maximum Gasteiger partial charge on any atom is 0.283 e. The third kappa shape index (κ3) is 3.38. The summed E-state index contributed by atoms with van der Waals surface area (Å²) < 4.78 is 0. The summed E-state index contributed by atoms with van der Waals surface area (Å²) in [4.78, 5) is 12.3. The third-order valence-corrected chi connectivity index (χ3v) is 5.61. The highest BCUT2D eigenvalue weighted by Crippen LogP contribution is 2.42. The lowest BCUT2D eigenvalue weighted by molar-refractivity contribution is 0.0949. The van der Waals surface area contributed by atoms with Crippen molar-refractivity contribution in [3.05, 3.63) is 53.7 Å². The smallest absolute Gasteiger partial charge is 0.283 e. The quantitative estimate of drug-likeness (QED) is 0.188. The molecule has 0 radical (unpaired) electrons. The minimum Gasteiger partial charge on any atom is -0.508 e. The molecule has 6 N–H and O–H groups in total. The van der Waals surface area contributed by atoms with Gasteiger partial charge in [0.05, 0.1) is 5.56 Å². The van der Waals surface area contributed by atoms with Crippen molar-refractivity contribution in [3.8, 4) is 43.9 Å². The summed E-state index contributed by atoms with van der Waals surface area (Å²) in [6.45, 7) is 1.88. The predicted molar refractivity (Wildman–Crippen MR) is 113 cm³/mol. The van der Waals surface area contributed by atoms with E-state index in [1.54, 1.807) is 6.07 Å². The molecular formula is C20H18N6O3S. The Hall–Kier alpha value is -3.76. The van der Waals surface area contributed by atoms with Gasteiger partial charge in [-0.1, -0.05) is 48.6 Å². The van der Waals surface area contributed by atoms with Gasteiger partial charge in [-0.05, 0) is 18.1 Å². The zero-order valence-corrected chi connectivity index (χ0v) is 16.7. The number of aromatic hydroxyl groups is 2. The molecule has 152 valence electrons. The number of hydrogen-bond donors (Lipinski definition) is 5. The minimum atomic E-state index is -0.589. The topological polar surface area (TPSA) is 150 Å². The standard InChI is InChI=1S/C20H18N6O3S/c1-2-10-8-12(14(28)9-13(10)27)16-15(17(24-23-16)18(29)22-21)20-26-25-19(30-20)11-6-4-3-5-7-11/h3-9,27-28H,2,21H2,1H3,(H,22,29)(H,23,24). The zero-order valence-electron chi connectivity index (χ0n) is 15.9. The summed E-state index contributed by atoms with van der Waals surface area (Å²) in [5.74, 6) is 4.55. The van der Waals surface area contributed by atoms with Gasteiger partial charge in [0.15, 0.2) is 5.01 Å². The molecule has 0 spiro atoms. The molecule has 4 rings (SSSR count). The number of nitrogens with two attached hydrogens (primary N) is 1. The molecule has 4 aromatic rings. The lowest BCUT2D eigenvalue weighted by Gasteiger charge is -2.08. The molecule has 2 aromatic carbocycles. The molecule has 0 aliphatic rings. The number of aryl methyl sites for hydroxylation is 1. The van der Waals surface area contributed by atoms with Crippen LogP contribution in [-0.2, 0) is 6.42 Å². The number of H-pyrrole nitrogens is 1. The Bertz CT molecular complexity index is 1220. The van der Waals surface area contributed by atoms with Gasteiger partial charge in [0.25, 0.3) is 5.91 Å². The lowest BCUT2D eigenvalue weighted by Crippen LogP contribution is -2.30. The van der Waals surface area contributed by atoms with Crippen molar-refractivity contribution >= 4 is 17.2 Å². The second-order valence-corrected chi connectivity index (χ2v) is 7.40. The van der Waals surface area contributed by atoms with Gasteiger partial charge in [-0.15, -0.1) is 10.2 Å². The summed E-state index contributed by atoms with van der Waals surface area (Å²) in [5.41, 5.74) is 4.71. The highest BCUT2D eigenvalue weighted by Gasteiger charge is 2.26. The van der Waals surface area contributed by atoms with Crippen molar-refractivity contribution < 1.29 is 15.0 Å². The number of aromatic amines is 1. The van der Waals surface area contributed by atoms with E-state index in [9.17, 15) is 15.0 Å². The van der Waals surface area contributed by atoms with Crippen molar-refractivity contribution in [1.82, 2.24) is 25.8 Å². The molecule has 2 heterocycles. The first kappa shape index (κ1) is 19.6. The van der Waals surface area contributed by atoms with Gasteiger partial charge in [-0.25, -0.2) is 5.84 Å². The molecule has 0 bridgehead atoms. The van der Waals surface area contributed by atoms with Gasteiger partial charge in [0.2, 0.25) is 0 Å². The fourth-order valence-electron chi connectivity index (χ4n) is 3.10. The van der Waals surface area contributed by atoms with Crippen LogP contribution in [0.1, 0.15) is 23.0 Å². The largest absolute Gasteiger partial charge is 0.508 e. The van der Waals surface area contributed by atoms with E-state index in [1.165, 1.54) is 17.4 Å². The lowest BCUT2D eigenvalue weighted by atomic mass is 10.0.